The Morgan fingerprint density at radius 1 is 0.812 bits per heavy atom. The van der Waals surface area contributed by atoms with Crippen LogP contribution in [0.2, 0.25) is 0 Å². The van der Waals surface area contributed by atoms with Gasteiger partial charge in [0.25, 0.3) is 0 Å². The van der Waals surface area contributed by atoms with Gasteiger partial charge in [-0.1, -0.05) is 84.9 Å². The van der Waals surface area contributed by atoms with E-state index in [1.807, 2.05) is 78.9 Å². The van der Waals surface area contributed by atoms with E-state index in [-0.39, 0.29) is 5.78 Å². The molecule has 5 rings (SSSR count). The van der Waals surface area contributed by atoms with E-state index in [0.717, 1.165) is 28.3 Å². The number of Topliss-reactive ketones (excluding diaryl/α,β-unsaturated/α-hetero) is 1. The number of fused-ring (bicyclic) bond motifs is 2. The topological polar surface area (TPSA) is 49.8 Å². The Kier molecular flexibility index (Phi) is 5.44. The molecule has 1 heterocycles. The SMILES string of the molecule is O=C(c1ccccc1CN1Cc2ccccc2Oc2ccccc21)C(O)c1ccccc1. The first-order valence-electron chi connectivity index (χ1n) is 10.7. The zero-order valence-corrected chi connectivity index (χ0v) is 17.5. The van der Waals surface area contributed by atoms with Crippen molar-refractivity contribution in [1.82, 2.24) is 0 Å². The molecule has 4 heteroatoms. The van der Waals surface area contributed by atoms with Gasteiger partial charge in [0, 0.05) is 24.2 Å². The van der Waals surface area contributed by atoms with Gasteiger partial charge in [-0.05, 0) is 29.3 Å². The summed E-state index contributed by atoms with van der Waals surface area (Å²) in [5, 5.41) is 10.7. The van der Waals surface area contributed by atoms with Crippen molar-refractivity contribution >= 4 is 11.5 Å². The molecule has 4 nitrogen and oxygen atoms in total. The number of ketones is 1. The highest BCUT2D eigenvalue weighted by Crippen LogP contribution is 2.39. The van der Waals surface area contributed by atoms with Crippen molar-refractivity contribution in [3.8, 4) is 11.5 Å². The maximum Gasteiger partial charge on any atom is 0.196 e. The first kappa shape index (κ1) is 20.0. The van der Waals surface area contributed by atoms with Crippen molar-refractivity contribution in [2.75, 3.05) is 4.90 Å². The van der Waals surface area contributed by atoms with Crippen molar-refractivity contribution in [2.45, 2.75) is 19.2 Å². The van der Waals surface area contributed by atoms with E-state index in [4.69, 9.17) is 4.74 Å². The van der Waals surface area contributed by atoms with E-state index >= 15 is 0 Å². The maximum atomic E-state index is 13.2. The van der Waals surface area contributed by atoms with Crippen LogP contribution >= 0.6 is 0 Å². The smallest absolute Gasteiger partial charge is 0.196 e. The molecule has 0 radical (unpaired) electrons. The highest BCUT2D eigenvalue weighted by Gasteiger charge is 2.25. The first-order valence-corrected chi connectivity index (χ1v) is 10.7. The molecule has 1 aliphatic heterocycles. The molecule has 1 atom stereocenters. The molecule has 1 N–H and O–H groups in total. The highest BCUT2D eigenvalue weighted by atomic mass is 16.5. The summed E-state index contributed by atoms with van der Waals surface area (Å²) in [6.45, 7) is 1.16. The molecule has 0 saturated heterocycles. The second kappa shape index (κ2) is 8.69. The lowest BCUT2D eigenvalue weighted by atomic mass is 9.95. The van der Waals surface area contributed by atoms with Crippen molar-refractivity contribution in [1.29, 1.82) is 0 Å². The fourth-order valence-corrected chi connectivity index (χ4v) is 4.13. The Morgan fingerprint density at radius 2 is 1.47 bits per heavy atom. The van der Waals surface area contributed by atoms with E-state index < -0.39 is 6.10 Å². The molecular weight excluding hydrogens is 398 g/mol. The number of benzene rings is 4. The lowest BCUT2D eigenvalue weighted by Crippen LogP contribution is -2.23. The van der Waals surface area contributed by atoms with E-state index in [9.17, 15) is 9.90 Å². The number of para-hydroxylation sites is 3. The second-order valence-corrected chi connectivity index (χ2v) is 7.87. The molecule has 158 valence electrons. The number of ether oxygens (including phenoxy) is 1. The monoisotopic (exact) mass is 421 g/mol. The number of nitrogens with zero attached hydrogens (tertiary/aromatic N) is 1. The number of anilines is 1. The van der Waals surface area contributed by atoms with E-state index in [2.05, 4.69) is 11.0 Å². The van der Waals surface area contributed by atoms with Crippen molar-refractivity contribution in [2.24, 2.45) is 0 Å². The predicted octanol–water partition coefficient (Wildman–Crippen LogP) is 5.92. The molecule has 4 aromatic carbocycles. The Bertz CT molecular complexity index is 1250. The van der Waals surface area contributed by atoms with Gasteiger partial charge in [-0.2, -0.15) is 0 Å². The summed E-state index contributed by atoms with van der Waals surface area (Å²) in [7, 11) is 0. The minimum absolute atomic E-state index is 0.299. The fraction of sp³-hybridized carbons (Fsp3) is 0.107. The zero-order chi connectivity index (χ0) is 21.9. The van der Waals surface area contributed by atoms with E-state index in [1.165, 1.54) is 0 Å². The maximum absolute atomic E-state index is 13.2. The number of hydrogen-bond donors (Lipinski definition) is 1. The molecule has 1 aliphatic rings. The third-order valence-electron chi connectivity index (χ3n) is 5.77. The van der Waals surface area contributed by atoms with Gasteiger partial charge in [0.1, 0.15) is 11.9 Å². The third-order valence-corrected chi connectivity index (χ3v) is 5.77. The Morgan fingerprint density at radius 3 is 2.31 bits per heavy atom. The quantitative estimate of drug-likeness (QED) is 0.407. The number of hydrogen-bond acceptors (Lipinski definition) is 4. The Hall–Kier alpha value is -3.89. The number of aliphatic hydroxyl groups excluding tert-OH is 1. The van der Waals surface area contributed by atoms with Gasteiger partial charge >= 0.3 is 0 Å². The van der Waals surface area contributed by atoms with Gasteiger partial charge in [-0.3, -0.25) is 4.79 Å². The van der Waals surface area contributed by atoms with Gasteiger partial charge in [0.05, 0.1) is 5.69 Å². The minimum Gasteiger partial charge on any atom is -0.455 e. The summed E-state index contributed by atoms with van der Waals surface area (Å²) in [6, 6.07) is 32.5. The number of carbonyl (C=O) groups is 1. The fourth-order valence-electron chi connectivity index (χ4n) is 4.13. The van der Waals surface area contributed by atoms with Gasteiger partial charge < -0.3 is 14.7 Å². The Balaban J connectivity index is 1.50. The van der Waals surface area contributed by atoms with Crippen LogP contribution in [0.4, 0.5) is 5.69 Å². The van der Waals surface area contributed by atoms with Crippen molar-refractivity contribution in [3.05, 3.63) is 125 Å². The summed E-state index contributed by atoms with van der Waals surface area (Å²) in [6.07, 6.45) is -1.20. The van der Waals surface area contributed by atoms with Gasteiger partial charge in [0.2, 0.25) is 0 Å². The largest absolute Gasteiger partial charge is 0.455 e. The highest BCUT2D eigenvalue weighted by molar-refractivity contribution is 6.01. The van der Waals surface area contributed by atoms with Crippen LogP contribution in [-0.4, -0.2) is 10.9 Å². The molecule has 0 aliphatic carbocycles. The normalized spacial score (nSPS) is 13.3. The molecule has 1 unspecified atom stereocenters. The molecule has 0 aromatic heterocycles. The molecule has 4 aromatic rings. The molecule has 0 bridgehead atoms. The van der Waals surface area contributed by atoms with Gasteiger partial charge in [-0.15, -0.1) is 0 Å². The summed E-state index contributed by atoms with van der Waals surface area (Å²) >= 11 is 0. The lowest BCUT2D eigenvalue weighted by molar-refractivity contribution is 0.0746. The van der Waals surface area contributed by atoms with Gasteiger partial charge in [0.15, 0.2) is 11.5 Å². The van der Waals surface area contributed by atoms with Crippen LogP contribution in [-0.2, 0) is 13.1 Å². The zero-order valence-electron chi connectivity index (χ0n) is 17.5. The van der Waals surface area contributed by atoms with Crippen molar-refractivity contribution in [3.63, 3.8) is 0 Å². The van der Waals surface area contributed by atoms with Crippen molar-refractivity contribution < 1.29 is 14.6 Å². The number of carbonyl (C=O) groups excluding carboxylic acids is 1. The average Bonchev–Trinajstić information content (AvgIpc) is 3.00. The molecule has 0 fully saturated rings. The third kappa shape index (κ3) is 3.88. The van der Waals surface area contributed by atoms with Gasteiger partial charge in [-0.25, -0.2) is 0 Å². The predicted molar refractivity (Wildman–Crippen MR) is 125 cm³/mol. The summed E-state index contributed by atoms with van der Waals surface area (Å²) in [5.41, 5.74) is 4.03. The van der Waals surface area contributed by atoms with Crippen LogP contribution < -0.4 is 9.64 Å². The number of rotatable bonds is 5. The van der Waals surface area contributed by atoms with Crippen LogP contribution in [0.15, 0.2) is 103 Å². The van der Waals surface area contributed by atoms with Crippen LogP contribution in [0, 0.1) is 0 Å². The second-order valence-electron chi connectivity index (χ2n) is 7.87. The molecular formula is C28H23NO3. The van der Waals surface area contributed by atoms with Crippen LogP contribution in [0.25, 0.3) is 0 Å². The summed E-state index contributed by atoms with van der Waals surface area (Å²) in [5.74, 6) is 1.32. The number of aliphatic hydroxyl groups is 1. The molecule has 32 heavy (non-hydrogen) atoms. The standard InChI is InChI=1S/C28H23NO3/c30-27(20-10-2-1-3-11-20)28(31)23-14-6-4-12-21(23)18-29-19-22-13-5-8-16-25(22)32-26-17-9-7-15-24(26)29/h1-17,27,30H,18-19H2. The average molecular weight is 421 g/mol. The lowest BCUT2D eigenvalue weighted by Gasteiger charge is -2.25. The molecule has 0 saturated carbocycles. The summed E-state index contributed by atoms with van der Waals surface area (Å²) in [4.78, 5) is 15.4. The molecule has 0 spiro atoms. The van der Waals surface area contributed by atoms with E-state index in [0.29, 0.717) is 24.2 Å². The first-order chi connectivity index (χ1) is 15.7. The Labute approximate surface area is 187 Å². The van der Waals surface area contributed by atoms with Crippen LogP contribution in [0.5, 0.6) is 11.5 Å². The van der Waals surface area contributed by atoms with Crippen LogP contribution in [0.1, 0.15) is 33.2 Å². The molecule has 0 amide bonds. The summed E-state index contributed by atoms with van der Waals surface area (Å²) < 4.78 is 6.20. The van der Waals surface area contributed by atoms with E-state index in [1.54, 1.807) is 18.2 Å². The minimum atomic E-state index is -1.20. The van der Waals surface area contributed by atoms with Crippen LogP contribution in [0.3, 0.4) is 0 Å².